The maximum absolute atomic E-state index is 8.91. The summed E-state index contributed by atoms with van der Waals surface area (Å²) in [5.41, 5.74) is 0.698. The highest BCUT2D eigenvalue weighted by Gasteiger charge is 2.48. The summed E-state index contributed by atoms with van der Waals surface area (Å²) < 4.78 is 6.17. The van der Waals surface area contributed by atoms with Crippen LogP contribution in [0.5, 0.6) is 0 Å². The van der Waals surface area contributed by atoms with Gasteiger partial charge < -0.3 is 9.22 Å². The molecular weight excluding hydrogens is 184 g/mol. The van der Waals surface area contributed by atoms with Gasteiger partial charge in [-0.15, -0.1) is 0 Å². The number of aliphatic hydroxyl groups excluding tert-OH is 1. The molecule has 0 aromatic heterocycles. The van der Waals surface area contributed by atoms with E-state index in [9.17, 15) is 0 Å². The number of hydrogen-bond donors (Lipinski definition) is 1. The van der Waals surface area contributed by atoms with Crippen LogP contribution >= 0.6 is 0 Å². The van der Waals surface area contributed by atoms with Crippen molar-refractivity contribution in [3.05, 3.63) is 0 Å². The van der Waals surface area contributed by atoms with Crippen molar-refractivity contribution in [1.82, 2.24) is 0 Å². The maximum atomic E-state index is 8.91. The topological polar surface area (TPSA) is 29.5 Å². The molecule has 1 rings (SSSR count). The van der Waals surface area contributed by atoms with Crippen molar-refractivity contribution in [2.75, 3.05) is 6.61 Å². The molecule has 2 nitrogen and oxygen atoms in total. The minimum atomic E-state index is -1.42. The van der Waals surface area contributed by atoms with Crippen molar-refractivity contribution in [2.24, 2.45) is 0 Å². The molecule has 0 amide bonds. The lowest BCUT2D eigenvalue weighted by Crippen LogP contribution is -2.35. The zero-order valence-corrected chi connectivity index (χ0v) is 10.6. The van der Waals surface area contributed by atoms with Crippen LogP contribution in [0, 0.1) is 0 Å². The van der Waals surface area contributed by atoms with Crippen LogP contribution in [0.1, 0.15) is 6.42 Å². The van der Waals surface area contributed by atoms with Crippen LogP contribution in [0.25, 0.3) is 0 Å². The fourth-order valence-corrected chi connectivity index (χ4v) is 14.6. The van der Waals surface area contributed by atoms with Gasteiger partial charge in [0.05, 0.1) is 0 Å². The Hall–Kier alpha value is 0.354. The van der Waals surface area contributed by atoms with E-state index >= 15 is 0 Å². The van der Waals surface area contributed by atoms with Crippen molar-refractivity contribution in [3.63, 3.8) is 0 Å². The molecule has 0 spiro atoms. The highest BCUT2D eigenvalue weighted by atomic mass is 28.4. The van der Waals surface area contributed by atoms with Crippen LogP contribution in [0.4, 0.5) is 0 Å². The fraction of sp³-hybridized carbons (Fsp3) is 1.00. The highest BCUT2D eigenvalue weighted by Crippen LogP contribution is 2.43. The summed E-state index contributed by atoms with van der Waals surface area (Å²) in [4.78, 5) is 0. The molecule has 1 saturated heterocycles. The molecule has 0 radical (unpaired) electrons. The number of hydrogen-bond acceptors (Lipinski definition) is 2. The van der Waals surface area contributed by atoms with Crippen LogP contribution in [0.3, 0.4) is 0 Å². The normalized spacial score (nSPS) is 32.2. The molecule has 1 aliphatic heterocycles. The first-order valence-electron chi connectivity index (χ1n) is 4.68. The molecule has 1 atom stereocenters. The van der Waals surface area contributed by atoms with E-state index in [1.54, 1.807) is 0 Å². The van der Waals surface area contributed by atoms with Gasteiger partial charge in [-0.2, -0.15) is 0 Å². The fourth-order valence-electron chi connectivity index (χ4n) is 2.28. The second-order valence-electron chi connectivity index (χ2n) is 4.88. The first-order valence-corrected chi connectivity index (χ1v) is 10.8. The summed E-state index contributed by atoms with van der Waals surface area (Å²) in [7, 11) is -2.75. The van der Waals surface area contributed by atoms with Crippen LogP contribution in [-0.2, 0) is 4.12 Å². The lowest BCUT2D eigenvalue weighted by Gasteiger charge is -2.24. The Morgan fingerprint density at radius 3 is 2.25 bits per heavy atom. The SMILES string of the molecule is C[Si]1(C)CC(CCO)[Si](C)(C)O1. The molecule has 1 heterocycles. The molecule has 1 aliphatic rings. The third-order valence-corrected chi connectivity index (χ3v) is 11.4. The molecule has 4 heteroatoms. The van der Waals surface area contributed by atoms with Crippen LogP contribution in [0.15, 0.2) is 0 Å². The molecule has 1 unspecified atom stereocenters. The zero-order chi connectivity index (χ0) is 9.41. The molecule has 0 bridgehead atoms. The first kappa shape index (κ1) is 10.4. The second kappa shape index (κ2) is 3.25. The Balaban J connectivity index is 2.64. The van der Waals surface area contributed by atoms with E-state index in [4.69, 9.17) is 9.22 Å². The van der Waals surface area contributed by atoms with Gasteiger partial charge >= 0.3 is 0 Å². The smallest absolute Gasteiger partial charge is 0.176 e. The quantitative estimate of drug-likeness (QED) is 0.699. The average molecular weight is 204 g/mol. The summed E-state index contributed by atoms with van der Waals surface area (Å²) in [5, 5.41) is 8.91. The Bertz CT molecular complexity index is 168. The van der Waals surface area contributed by atoms with E-state index in [0.717, 1.165) is 6.42 Å². The van der Waals surface area contributed by atoms with Gasteiger partial charge in [0.2, 0.25) is 0 Å². The zero-order valence-electron chi connectivity index (χ0n) is 8.55. The van der Waals surface area contributed by atoms with Crippen LogP contribution < -0.4 is 0 Å². The number of rotatable bonds is 2. The van der Waals surface area contributed by atoms with Crippen molar-refractivity contribution >= 4 is 16.6 Å². The lowest BCUT2D eigenvalue weighted by atomic mass is 10.3. The Labute approximate surface area is 77.2 Å². The van der Waals surface area contributed by atoms with Crippen molar-refractivity contribution < 1.29 is 9.22 Å². The van der Waals surface area contributed by atoms with Gasteiger partial charge in [-0.3, -0.25) is 0 Å². The maximum Gasteiger partial charge on any atom is 0.176 e. The van der Waals surface area contributed by atoms with E-state index in [-0.39, 0.29) is 0 Å². The first-order chi connectivity index (χ1) is 5.37. The van der Waals surface area contributed by atoms with E-state index in [1.165, 1.54) is 6.04 Å². The van der Waals surface area contributed by atoms with Crippen molar-refractivity contribution in [3.8, 4) is 0 Å². The summed E-state index contributed by atoms with van der Waals surface area (Å²) in [6.07, 6.45) is 0.954. The molecular formula is C8H20O2Si2. The van der Waals surface area contributed by atoms with Crippen LogP contribution in [0.2, 0.25) is 37.8 Å². The molecule has 1 N–H and O–H groups in total. The van der Waals surface area contributed by atoms with E-state index in [0.29, 0.717) is 12.1 Å². The van der Waals surface area contributed by atoms with E-state index in [2.05, 4.69) is 26.2 Å². The van der Waals surface area contributed by atoms with Gasteiger partial charge in [0.25, 0.3) is 0 Å². The molecule has 12 heavy (non-hydrogen) atoms. The Kier molecular flexibility index (Phi) is 2.83. The molecule has 0 aromatic rings. The summed E-state index contributed by atoms with van der Waals surface area (Å²) in [6, 6.07) is 1.26. The molecule has 0 saturated carbocycles. The Morgan fingerprint density at radius 1 is 1.33 bits per heavy atom. The minimum absolute atomic E-state index is 0.328. The minimum Gasteiger partial charge on any atom is -0.455 e. The lowest BCUT2D eigenvalue weighted by molar-refractivity contribution is 0.285. The van der Waals surface area contributed by atoms with Gasteiger partial charge in [-0.1, -0.05) is 0 Å². The standard InChI is InChI=1S/C8H20O2Si2/c1-11(2)7-8(5-6-9)12(3,4)10-11/h8-9H,5-7H2,1-4H3. The monoisotopic (exact) mass is 204 g/mol. The van der Waals surface area contributed by atoms with E-state index < -0.39 is 16.6 Å². The second-order valence-corrected chi connectivity index (χ2v) is 13.6. The third kappa shape index (κ3) is 2.19. The van der Waals surface area contributed by atoms with Gasteiger partial charge in [-0.05, 0) is 44.2 Å². The molecule has 0 aromatic carbocycles. The van der Waals surface area contributed by atoms with Gasteiger partial charge in [0.1, 0.15) is 0 Å². The Morgan fingerprint density at radius 2 is 1.92 bits per heavy atom. The average Bonchev–Trinajstić information content (AvgIpc) is 2.01. The number of aliphatic hydroxyl groups is 1. The summed E-state index contributed by atoms with van der Waals surface area (Å²) >= 11 is 0. The van der Waals surface area contributed by atoms with Crippen molar-refractivity contribution in [2.45, 2.75) is 44.2 Å². The predicted molar refractivity (Wildman–Crippen MR) is 56.3 cm³/mol. The summed E-state index contributed by atoms with van der Waals surface area (Å²) in [6.45, 7) is 9.48. The molecule has 1 fully saturated rings. The molecule has 72 valence electrons. The molecule has 0 aliphatic carbocycles. The summed E-state index contributed by atoms with van der Waals surface area (Å²) in [5.74, 6) is 0. The van der Waals surface area contributed by atoms with Gasteiger partial charge in [-0.25, -0.2) is 0 Å². The van der Waals surface area contributed by atoms with Crippen LogP contribution in [-0.4, -0.2) is 28.3 Å². The van der Waals surface area contributed by atoms with Crippen molar-refractivity contribution in [1.29, 1.82) is 0 Å². The van der Waals surface area contributed by atoms with Gasteiger partial charge in [0.15, 0.2) is 16.6 Å². The van der Waals surface area contributed by atoms with Gasteiger partial charge in [0, 0.05) is 6.61 Å². The highest BCUT2D eigenvalue weighted by molar-refractivity contribution is 6.90. The largest absolute Gasteiger partial charge is 0.455 e. The predicted octanol–water partition coefficient (Wildman–Crippen LogP) is 2.18. The third-order valence-electron chi connectivity index (χ3n) is 2.74. The van der Waals surface area contributed by atoms with E-state index in [1.807, 2.05) is 0 Å².